The molecule has 1 heterocycles. The predicted molar refractivity (Wildman–Crippen MR) is 114 cm³/mol. The van der Waals surface area contributed by atoms with Crippen molar-refractivity contribution in [2.45, 2.75) is 17.7 Å². The molecule has 1 amide bonds. The largest absolute Gasteiger partial charge is 0.573 e. The molecule has 0 unspecified atom stereocenters. The van der Waals surface area contributed by atoms with Gasteiger partial charge in [0.25, 0.3) is 15.9 Å². The van der Waals surface area contributed by atoms with Crippen LogP contribution in [-0.4, -0.2) is 37.4 Å². The first kappa shape index (κ1) is 23.9. The third kappa shape index (κ3) is 6.90. The number of halogens is 4. The fourth-order valence-electron chi connectivity index (χ4n) is 2.40. The van der Waals surface area contributed by atoms with E-state index in [2.05, 4.69) is 40.9 Å². The SMILES string of the molecule is O=C(NCCc1nnc(NS(=O)(=O)c2ccc(OC(F)(F)F)cc2)s1)c1cccc(Br)c1. The molecule has 0 spiro atoms. The Bertz CT molecular complexity index is 1200. The Balaban J connectivity index is 1.55. The second-order valence-corrected chi connectivity index (χ2v) is 9.80. The van der Waals surface area contributed by atoms with Crippen LogP contribution in [0.15, 0.2) is 57.9 Å². The topological polar surface area (TPSA) is 110 Å². The molecule has 3 aromatic rings. The molecule has 1 aromatic heterocycles. The Kier molecular flexibility index (Phi) is 7.36. The minimum atomic E-state index is -4.88. The monoisotopic (exact) mass is 550 g/mol. The molecule has 3 rings (SSSR count). The fraction of sp³-hybridized carbons (Fsp3) is 0.167. The number of benzene rings is 2. The average molecular weight is 551 g/mol. The number of anilines is 1. The number of nitrogens with zero attached hydrogens (tertiary/aromatic N) is 2. The van der Waals surface area contributed by atoms with Crippen molar-refractivity contribution in [1.82, 2.24) is 15.5 Å². The van der Waals surface area contributed by atoms with E-state index < -0.39 is 22.1 Å². The Morgan fingerprint density at radius 1 is 1.12 bits per heavy atom. The van der Waals surface area contributed by atoms with Crippen molar-refractivity contribution in [2.75, 3.05) is 11.3 Å². The second-order valence-electron chi connectivity index (χ2n) is 6.14. The van der Waals surface area contributed by atoms with Gasteiger partial charge in [-0.1, -0.05) is 33.3 Å². The number of aromatic nitrogens is 2. The summed E-state index contributed by atoms with van der Waals surface area (Å²) >= 11 is 4.26. The van der Waals surface area contributed by atoms with E-state index in [1.54, 1.807) is 24.3 Å². The minimum Gasteiger partial charge on any atom is -0.406 e. The molecule has 0 radical (unpaired) electrons. The number of carbonyl (C=O) groups is 1. The van der Waals surface area contributed by atoms with Gasteiger partial charge in [-0.05, 0) is 42.5 Å². The van der Waals surface area contributed by atoms with E-state index >= 15 is 0 Å². The van der Waals surface area contributed by atoms with Crippen LogP contribution in [0.25, 0.3) is 0 Å². The Morgan fingerprint density at radius 2 is 1.84 bits per heavy atom. The van der Waals surface area contributed by atoms with E-state index in [0.29, 0.717) is 17.0 Å². The zero-order valence-corrected chi connectivity index (χ0v) is 19.1. The van der Waals surface area contributed by atoms with E-state index in [-0.39, 0.29) is 22.5 Å². The molecule has 0 fully saturated rings. The second kappa shape index (κ2) is 9.83. The van der Waals surface area contributed by atoms with Crippen LogP contribution >= 0.6 is 27.3 Å². The van der Waals surface area contributed by atoms with Crippen LogP contribution in [0.1, 0.15) is 15.4 Å². The van der Waals surface area contributed by atoms with Crippen LogP contribution < -0.4 is 14.8 Å². The van der Waals surface area contributed by atoms with Gasteiger partial charge in [-0.2, -0.15) is 0 Å². The lowest BCUT2D eigenvalue weighted by molar-refractivity contribution is -0.274. The van der Waals surface area contributed by atoms with Gasteiger partial charge in [-0.15, -0.1) is 23.4 Å². The number of ether oxygens (including phenoxy) is 1. The molecular formula is C18H14BrF3N4O4S2. The van der Waals surface area contributed by atoms with Gasteiger partial charge in [0, 0.05) is 23.0 Å². The van der Waals surface area contributed by atoms with Crippen molar-refractivity contribution < 1.29 is 31.1 Å². The zero-order valence-electron chi connectivity index (χ0n) is 15.9. The van der Waals surface area contributed by atoms with E-state index in [0.717, 1.165) is 40.1 Å². The van der Waals surface area contributed by atoms with Gasteiger partial charge in [0.05, 0.1) is 4.90 Å². The molecule has 0 saturated heterocycles. The molecule has 32 heavy (non-hydrogen) atoms. The highest BCUT2D eigenvalue weighted by atomic mass is 79.9. The summed E-state index contributed by atoms with van der Waals surface area (Å²) in [7, 11) is -4.09. The number of sulfonamides is 1. The molecule has 2 N–H and O–H groups in total. The summed E-state index contributed by atoms with van der Waals surface area (Å²) in [5.41, 5.74) is 0.483. The lowest BCUT2D eigenvalue weighted by atomic mass is 10.2. The molecule has 0 atom stereocenters. The van der Waals surface area contributed by atoms with E-state index in [1.807, 2.05) is 0 Å². The first-order valence-corrected chi connectivity index (χ1v) is 11.9. The van der Waals surface area contributed by atoms with Crippen LogP contribution in [0.5, 0.6) is 5.75 Å². The quantitative estimate of drug-likeness (QED) is 0.439. The fourth-order valence-corrected chi connectivity index (χ4v) is 4.77. The lowest BCUT2D eigenvalue weighted by Crippen LogP contribution is -2.25. The molecule has 14 heteroatoms. The first-order valence-electron chi connectivity index (χ1n) is 8.77. The summed E-state index contributed by atoms with van der Waals surface area (Å²) < 4.78 is 68.1. The molecule has 0 aliphatic heterocycles. The first-order chi connectivity index (χ1) is 15.0. The smallest absolute Gasteiger partial charge is 0.406 e. The standard InChI is InChI=1S/C18H14BrF3N4O4S2/c19-12-3-1-2-11(10-12)16(27)23-9-8-15-24-25-17(31-15)26-32(28,29)14-6-4-13(5-7-14)30-18(20,21)22/h1-7,10H,8-9H2,(H,23,27)(H,25,26). The van der Waals surface area contributed by atoms with Crippen LogP contribution in [-0.2, 0) is 16.4 Å². The van der Waals surface area contributed by atoms with Crippen molar-refractivity contribution in [3.8, 4) is 5.75 Å². The average Bonchev–Trinajstić information content (AvgIpc) is 3.13. The third-order valence-electron chi connectivity index (χ3n) is 3.77. The van der Waals surface area contributed by atoms with E-state index in [4.69, 9.17) is 0 Å². The number of carbonyl (C=O) groups excluding carboxylic acids is 1. The maximum Gasteiger partial charge on any atom is 0.573 e. The van der Waals surface area contributed by atoms with Crippen LogP contribution in [0, 0.1) is 0 Å². The third-order valence-corrected chi connectivity index (χ3v) is 6.64. The number of hydrogen-bond acceptors (Lipinski definition) is 7. The van der Waals surface area contributed by atoms with Gasteiger partial charge >= 0.3 is 6.36 Å². The number of rotatable bonds is 8. The van der Waals surface area contributed by atoms with Crippen LogP contribution in [0.3, 0.4) is 0 Å². The maximum absolute atomic E-state index is 12.4. The van der Waals surface area contributed by atoms with Gasteiger partial charge in [0.15, 0.2) is 0 Å². The predicted octanol–water partition coefficient (Wildman–Crippen LogP) is 3.97. The van der Waals surface area contributed by atoms with Crippen molar-refractivity contribution in [3.63, 3.8) is 0 Å². The van der Waals surface area contributed by atoms with Crippen LogP contribution in [0.4, 0.5) is 18.3 Å². The van der Waals surface area contributed by atoms with Crippen molar-refractivity contribution >= 4 is 48.3 Å². The summed E-state index contributed by atoms with van der Waals surface area (Å²) in [6.07, 6.45) is -4.55. The normalized spacial score (nSPS) is 11.8. The summed E-state index contributed by atoms with van der Waals surface area (Å²) in [4.78, 5) is 11.8. The summed E-state index contributed by atoms with van der Waals surface area (Å²) in [6, 6.07) is 10.6. The molecule has 8 nitrogen and oxygen atoms in total. The maximum atomic E-state index is 12.4. The van der Waals surface area contributed by atoms with Gasteiger partial charge in [0.1, 0.15) is 10.8 Å². The Hall–Kier alpha value is -2.71. The van der Waals surface area contributed by atoms with Gasteiger partial charge in [0.2, 0.25) is 5.13 Å². The Morgan fingerprint density at radius 3 is 2.50 bits per heavy atom. The number of amides is 1. The molecular weight excluding hydrogens is 537 g/mol. The highest BCUT2D eigenvalue weighted by molar-refractivity contribution is 9.10. The van der Waals surface area contributed by atoms with Crippen LogP contribution in [0.2, 0.25) is 0 Å². The summed E-state index contributed by atoms with van der Waals surface area (Å²) in [6.45, 7) is 0.257. The zero-order chi connectivity index (χ0) is 23.4. The van der Waals surface area contributed by atoms with Crippen molar-refractivity contribution in [3.05, 3.63) is 63.6 Å². The molecule has 0 saturated carbocycles. The number of nitrogens with one attached hydrogen (secondary N) is 2. The highest BCUT2D eigenvalue weighted by Crippen LogP contribution is 2.25. The van der Waals surface area contributed by atoms with Crippen molar-refractivity contribution in [2.24, 2.45) is 0 Å². The van der Waals surface area contributed by atoms with Gasteiger partial charge in [-0.3, -0.25) is 9.52 Å². The molecule has 170 valence electrons. The Labute approximate surface area is 193 Å². The van der Waals surface area contributed by atoms with Crippen molar-refractivity contribution in [1.29, 1.82) is 0 Å². The highest BCUT2D eigenvalue weighted by Gasteiger charge is 2.31. The lowest BCUT2D eigenvalue weighted by Gasteiger charge is -2.09. The molecule has 0 aliphatic carbocycles. The summed E-state index contributed by atoms with van der Waals surface area (Å²) in [5, 5.41) is 10.8. The molecule has 2 aromatic carbocycles. The minimum absolute atomic E-state index is 0.0195. The number of alkyl halides is 3. The number of hydrogen-bond donors (Lipinski definition) is 2. The van der Waals surface area contributed by atoms with Gasteiger partial charge < -0.3 is 10.1 Å². The van der Waals surface area contributed by atoms with Gasteiger partial charge in [-0.25, -0.2) is 8.42 Å². The molecule has 0 aliphatic rings. The van der Waals surface area contributed by atoms with E-state index in [9.17, 15) is 26.4 Å². The summed E-state index contributed by atoms with van der Waals surface area (Å²) in [5.74, 6) is -0.811. The van der Waals surface area contributed by atoms with E-state index in [1.165, 1.54) is 0 Å². The molecule has 0 bridgehead atoms.